The van der Waals surface area contributed by atoms with Crippen LogP contribution in [0.4, 0.5) is 9.18 Å². The minimum absolute atomic E-state index is 0.224. The molecule has 0 bridgehead atoms. The molecule has 128 valence electrons. The fourth-order valence-corrected chi connectivity index (χ4v) is 2.74. The van der Waals surface area contributed by atoms with Crippen LogP contribution in [0, 0.1) is 12.7 Å². The molecule has 0 atom stereocenters. The first-order valence-corrected chi connectivity index (χ1v) is 8.16. The molecule has 0 saturated heterocycles. The molecule has 4 nitrogen and oxygen atoms in total. The summed E-state index contributed by atoms with van der Waals surface area (Å²) >= 11 is 0. The number of carbonyl (C=O) groups is 1. The van der Waals surface area contributed by atoms with Gasteiger partial charge in [-0.2, -0.15) is 0 Å². The Morgan fingerprint density at radius 3 is 2.61 bits per heavy atom. The molecule has 23 heavy (non-hydrogen) atoms. The van der Waals surface area contributed by atoms with Gasteiger partial charge in [-0.1, -0.05) is 6.07 Å². The third-order valence-electron chi connectivity index (χ3n) is 4.17. The molecule has 0 heterocycles. The number of halogens is 1. The molecule has 1 saturated carbocycles. The van der Waals surface area contributed by atoms with Gasteiger partial charge in [0.25, 0.3) is 0 Å². The fraction of sp³-hybridized carbons (Fsp3) is 0.611. The van der Waals surface area contributed by atoms with Crippen molar-refractivity contribution in [2.24, 2.45) is 0 Å². The van der Waals surface area contributed by atoms with Gasteiger partial charge in [-0.15, -0.1) is 0 Å². The predicted octanol–water partition coefficient (Wildman–Crippen LogP) is 3.67. The third-order valence-corrected chi connectivity index (χ3v) is 4.17. The van der Waals surface area contributed by atoms with E-state index < -0.39 is 5.60 Å². The summed E-state index contributed by atoms with van der Waals surface area (Å²) in [5, 5.41) is 6.34. The van der Waals surface area contributed by atoms with Crippen LogP contribution < -0.4 is 10.6 Å². The highest BCUT2D eigenvalue weighted by Gasteiger charge is 2.39. The zero-order valence-corrected chi connectivity index (χ0v) is 14.5. The molecule has 0 spiro atoms. The van der Waals surface area contributed by atoms with E-state index in [2.05, 4.69) is 10.6 Å². The first kappa shape index (κ1) is 17.7. The van der Waals surface area contributed by atoms with Crippen molar-refractivity contribution in [2.75, 3.05) is 6.54 Å². The van der Waals surface area contributed by atoms with Crippen molar-refractivity contribution >= 4 is 6.09 Å². The van der Waals surface area contributed by atoms with E-state index in [0.29, 0.717) is 13.1 Å². The van der Waals surface area contributed by atoms with Crippen LogP contribution >= 0.6 is 0 Å². The van der Waals surface area contributed by atoms with Gasteiger partial charge >= 0.3 is 6.09 Å². The molecule has 1 aliphatic rings. The number of rotatable bonds is 5. The zero-order chi connectivity index (χ0) is 17.1. The Bertz CT molecular complexity index is 563. The molecule has 1 aliphatic carbocycles. The largest absolute Gasteiger partial charge is 0.444 e. The number of hydrogen-bond acceptors (Lipinski definition) is 3. The van der Waals surface area contributed by atoms with Crippen LogP contribution in [0.5, 0.6) is 0 Å². The molecule has 2 rings (SSSR count). The molecule has 0 radical (unpaired) electrons. The van der Waals surface area contributed by atoms with Crippen LogP contribution in [-0.2, 0) is 11.3 Å². The summed E-state index contributed by atoms with van der Waals surface area (Å²) in [5.74, 6) is -0.224. The number of aryl methyl sites for hydroxylation is 1. The molecular weight excluding hydrogens is 295 g/mol. The van der Waals surface area contributed by atoms with Crippen molar-refractivity contribution in [1.82, 2.24) is 10.6 Å². The van der Waals surface area contributed by atoms with E-state index in [1.807, 2.05) is 27.7 Å². The lowest BCUT2D eigenvalue weighted by Crippen LogP contribution is -2.59. The lowest BCUT2D eigenvalue weighted by molar-refractivity contribution is 0.0382. The Morgan fingerprint density at radius 2 is 2.04 bits per heavy atom. The van der Waals surface area contributed by atoms with Gasteiger partial charge in [-0.05, 0) is 70.2 Å². The Morgan fingerprint density at radius 1 is 1.35 bits per heavy atom. The van der Waals surface area contributed by atoms with Gasteiger partial charge in [0.05, 0.1) is 5.54 Å². The van der Waals surface area contributed by atoms with E-state index >= 15 is 0 Å². The smallest absolute Gasteiger partial charge is 0.408 e. The number of hydrogen-bond donors (Lipinski definition) is 2. The summed E-state index contributed by atoms with van der Waals surface area (Å²) in [4.78, 5) is 12.0. The predicted molar refractivity (Wildman–Crippen MR) is 88.8 cm³/mol. The number of alkyl carbamates (subject to hydrolysis) is 1. The molecule has 5 heteroatoms. The average Bonchev–Trinajstić information content (AvgIpc) is 2.37. The number of carbonyl (C=O) groups excluding carboxylic acids is 1. The van der Waals surface area contributed by atoms with E-state index in [9.17, 15) is 9.18 Å². The van der Waals surface area contributed by atoms with Crippen LogP contribution in [0.15, 0.2) is 18.2 Å². The van der Waals surface area contributed by atoms with Crippen molar-refractivity contribution < 1.29 is 13.9 Å². The summed E-state index contributed by atoms with van der Waals surface area (Å²) in [6.07, 6.45) is 2.58. The number of amides is 1. The van der Waals surface area contributed by atoms with E-state index in [4.69, 9.17) is 4.74 Å². The second-order valence-corrected chi connectivity index (χ2v) is 7.44. The maximum atomic E-state index is 13.3. The lowest BCUT2D eigenvalue weighted by Gasteiger charge is -2.43. The highest BCUT2D eigenvalue weighted by atomic mass is 19.1. The summed E-state index contributed by atoms with van der Waals surface area (Å²) in [6.45, 7) is 8.76. The first-order valence-electron chi connectivity index (χ1n) is 8.16. The maximum Gasteiger partial charge on any atom is 0.408 e. The van der Waals surface area contributed by atoms with E-state index in [1.165, 1.54) is 6.07 Å². The van der Waals surface area contributed by atoms with Crippen LogP contribution in [0.1, 0.15) is 51.2 Å². The minimum atomic E-state index is -0.499. The molecule has 0 aliphatic heterocycles. The summed E-state index contributed by atoms with van der Waals surface area (Å²) in [5.41, 5.74) is 1.25. The second kappa shape index (κ2) is 6.87. The minimum Gasteiger partial charge on any atom is -0.444 e. The SMILES string of the molecule is Cc1ccc(F)cc1CNCC1(NC(=O)OC(C)(C)C)CCC1. The fourth-order valence-electron chi connectivity index (χ4n) is 2.74. The van der Waals surface area contributed by atoms with Crippen molar-refractivity contribution in [2.45, 2.75) is 64.6 Å². The third kappa shape index (κ3) is 5.20. The van der Waals surface area contributed by atoms with Gasteiger partial charge < -0.3 is 15.4 Å². The molecular formula is C18H27FN2O2. The maximum absolute atomic E-state index is 13.3. The molecule has 0 unspecified atom stereocenters. The molecule has 1 amide bonds. The van der Waals surface area contributed by atoms with Crippen molar-refractivity contribution in [3.05, 3.63) is 35.1 Å². The highest BCUT2D eigenvalue weighted by Crippen LogP contribution is 2.31. The van der Waals surface area contributed by atoms with E-state index in [-0.39, 0.29) is 17.4 Å². The summed E-state index contributed by atoms with van der Waals surface area (Å²) in [6, 6.07) is 4.80. The van der Waals surface area contributed by atoms with E-state index in [1.54, 1.807) is 12.1 Å². The van der Waals surface area contributed by atoms with Crippen molar-refractivity contribution in [3.63, 3.8) is 0 Å². The summed E-state index contributed by atoms with van der Waals surface area (Å²) < 4.78 is 18.7. The number of ether oxygens (including phenoxy) is 1. The van der Waals surface area contributed by atoms with Gasteiger partial charge in [-0.25, -0.2) is 9.18 Å². The monoisotopic (exact) mass is 322 g/mol. The van der Waals surface area contributed by atoms with Gasteiger partial charge in [0.15, 0.2) is 0 Å². The second-order valence-electron chi connectivity index (χ2n) is 7.44. The Balaban J connectivity index is 1.87. The molecule has 0 aromatic heterocycles. The van der Waals surface area contributed by atoms with Crippen molar-refractivity contribution in [3.8, 4) is 0 Å². The molecule has 2 N–H and O–H groups in total. The first-order chi connectivity index (χ1) is 10.7. The van der Waals surface area contributed by atoms with Crippen LogP contribution in [0.3, 0.4) is 0 Å². The van der Waals surface area contributed by atoms with Crippen LogP contribution in [0.2, 0.25) is 0 Å². The van der Waals surface area contributed by atoms with Gasteiger partial charge in [0.2, 0.25) is 0 Å². The quantitative estimate of drug-likeness (QED) is 0.869. The van der Waals surface area contributed by atoms with Gasteiger partial charge in [-0.3, -0.25) is 0 Å². The molecule has 1 fully saturated rings. The zero-order valence-electron chi connectivity index (χ0n) is 14.5. The van der Waals surface area contributed by atoms with E-state index in [0.717, 1.165) is 30.4 Å². The van der Waals surface area contributed by atoms with Crippen molar-refractivity contribution in [1.29, 1.82) is 0 Å². The normalized spacial score (nSPS) is 16.6. The van der Waals surface area contributed by atoms with Crippen LogP contribution in [-0.4, -0.2) is 23.8 Å². The Hall–Kier alpha value is -1.62. The number of benzene rings is 1. The average molecular weight is 322 g/mol. The van der Waals surface area contributed by atoms with Gasteiger partial charge in [0.1, 0.15) is 11.4 Å². The Kier molecular flexibility index (Phi) is 5.30. The molecule has 1 aromatic rings. The topological polar surface area (TPSA) is 50.4 Å². The number of nitrogens with one attached hydrogen (secondary N) is 2. The molecule has 1 aromatic carbocycles. The highest BCUT2D eigenvalue weighted by molar-refractivity contribution is 5.69. The summed E-state index contributed by atoms with van der Waals surface area (Å²) in [7, 11) is 0. The standard InChI is InChI=1S/C18H27FN2O2/c1-13-6-7-15(19)10-14(13)11-20-12-18(8-5-9-18)21-16(22)23-17(2,3)4/h6-7,10,20H,5,8-9,11-12H2,1-4H3,(H,21,22). The Labute approximate surface area is 137 Å². The lowest BCUT2D eigenvalue weighted by atomic mass is 9.76. The van der Waals surface area contributed by atoms with Crippen LogP contribution in [0.25, 0.3) is 0 Å². The van der Waals surface area contributed by atoms with Gasteiger partial charge in [0, 0.05) is 13.1 Å².